The molecule has 0 spiro atoms. The molecule has 0 heteroatoms. The monoisotopic (exact) mass is 185 g/mol. The molecule has 1 aliphatic carbocycles. The molecular formula is C14H17. The zero-order valence-corrected chi connectivity index (χ0v) is 8.52. The minimum atomic E-state index is 0.998. The minimum absolute atomic E-state index is 0.998. The van der Waals surface area contributed by atoms with Crippen molar-refractivity contribution in [3.8, 4) is 0 Å². The normalized spacial score (nSPS) is 18.3. The lowest BCUT2D eigenvalue weighted by atomic mass is 10.2. The molecule has 1 radical (unpaired) electrons. The topological polar surface area (TPSA) is 0 Å². The van der Waals surface area contributed by atoms with Crippen LogP contribution in [0.25, 0.3) is 0 Å². The van der Waals surface area contributed by atoms with Gasteiger partial charge in [-0.2, -0.15) is 0 Å². The van der Waals surface area contributed by atoms with Crippen LogP contribution in [0.4, 0.5) is 0 Å². The van der Waals surface area contributed by atoms with Crippen molar-refractivity contribution >= 4 is 0 Å². The Bertz CT molecular complexity index is 262. The first-order valence-corrected chi connectivity index (χ1v) is 5.18. The number of rotatable bonds is 0. The second-order valence-electron chi connectivity index (χ2n) is 3.14. The smallest absolute Gasteiger partial charge is 0.0163 e. The van der Waals surface area contributed by atoms with Crippen LogP contribution in [0.2, 0.25) is 0 Å². The van der Waals surface area contributed by atoms with Crippen molar-refractivity contribution in [3.05, 3.63) is 60.8 Å². The van der Waals surface area contributed by atoms with E-state index >= 15 is 0 Å². The van der Waals surface area contributed by atoms with E-state index < -0.39 is 0 Å². The van der Waals surface area contributed by atoms with Crippen molar-refractivity contribution in [2.75, 3.05) is 0 Å². The van der Waals surface area contributed by atoms with Gasteiger partial charge in [-0.15, -0.1) is 0 Å². The Morgan fingerprint density at radius 2 is 1.43 bits per heavy atom. The van der Waals surface area contributed by atoms with Crippen LogP contribution in [0.5, 0.6) is 0 Å². The summed E-state index contributed by atoms with van der Waals surface area (Å²) >= 11 is 0. The fraction of sp³-hybridized carbons (Fsp3) is 0.286. The lowest BCUT2D eigenvalue weighted by Gasteiger charge is -1.86. The maximum atomic E-state index is 3.23. The molecule has 0 unspecified atom stereocenters. The highest BCUT2D eigenvalue weighted by Crippen LogP contribution is 1.97. The molecule has 0 heterocycles. The van der Waals surface area contributed by atoms with E-state index in [9.17, 15) is 0 Å². The summed E-state index contributed by atoms with van der Waals surface area (Å²) < 4.78 is 0. The first-order valence-electron chi connectivity index (χ1n) is 5.18. The first-order chi connectivity index (χ1) is 7.00. The highest BCUT2D eigenvalue weighted by molar-refractivity contribution is 5.09. The molecule has 0 saturated heterocycles. The molecule has 0 bridgehead atoms. The molecule has 0 fully saturated rings. The second-order valence-corrected chi connectivity index (χ2v) is 3.14. The van der Waals surface area contributed by atoms with E-state index in [1.54, 1.807) is 0 Å². The molecule has 0 nitrogen and oxygen atoms in total. The van der Waals surface area contributed by atoms with Gasteiger partial charge in [0.15, 0.2) is 0 Å². The van der Waals surface area contributed by atoms with E-state index in [1.807, 2.05) is 6.08 Å². The van der Waals surface area contributed by atoms with Gasteiger partial charge in [0, 0.05) is 0 Å². The van der Waals surface area contributed by atoms with Crippen LogP contribution < -0.4 is 0 Å². The van der Waals surface area contributed by atoms with Crippen LogP contribution in [-0.2, 0) is 0 Å². The predicted octanol–water partition coefficient (Wildman–Crippen LogP) is 4.14. The number of hydrogen-bond donors (Lipinski definition) is 0. The van der Waals surface area contributed by atoms with Crippen molar-refractivity contribution in [2.24, 2.45) is 0 Å². The molecule has 0 aliphatic heterocycles. The fourth-order valence-corrected chi connectivity index (χ4v) is 1.15. The summed E-state index contributed by atoms with van der Waals surface area (Å²) in [5.74, 6) is 0. The van der Waals surface area contributed by atoms with Crippen LogP contribution >= 0.6 is 0 Å². The predicted molar refractivity (Wildman–Crippen MR) is 62.8 cm³/mol. The zero-order chi connectivity index (χ0) is 9.90. The molecule has 73 valence electrons. The zero-order valence-electron chi connectivity index (χ0n) is 8.52. The van der Waals surface area contributed by atoms with Gasteiger partial charge in [0.1, 0.15) is 0 Å². The van der Waals surface area contributed by atoms with Gasteiger partial charge in [0.2, 0.25) is 0 Å². The maximum Gasteiger partial charge on any atom is -0.0163 e. The van der Waals surface area contributed by atoms with E-state index in [0.29, 0.717) is 0 Å². The summed E-state index contributed by atoms with van der Waals surface area (Å²) in [6, 6.07) is 0. The largest absolute Gasteiger partial charge is 0.0879 e. The third-order valence-corrected chi connectivity index (χ3v) is 1.90. The summed E-state index contributed by atoms with van der Waals surface area (Å²) in [5, 5.41) is 0. The van der Waals surface area contributed by atoms with Crippen LogP contribution in [-0.4, -0.2) is 0 Å². The lowest BCUT2D eigenvalue weighted by Crippen LogP contribution is -1.67. The quantitative estimate of drug-likeness (QED) is 0.497. The van der Waals surface area contributed by atoms with Crippen molar-refractivity contribution in [1.82, 2.24) is 0 Å². The van der Waals surface area contributed by atoms with Crippen molar-refractivity contribution in [2.45, 2.75) is 25.7 Å². The summed E-state index contributed by atoms with van der Waals surface area (Å²) in [7, 11) is 0. The Labute approximate surface area is 87.0 Å². The minimum Gasteiger partial charge on any atom is -0.0879 e. The highest BCUT2D eigenvalue weighted by atomic mass is 13.8. The Hall–Kier alpha value is -1.30. The van der Waals surface area contributed by atoms with E-state index in [0.717, 1.165) is 25.7 Å². The van der Waals surface area contributed by atoms with Crippen molar-refractivity contribution in [1.29, 1.82) is 0 Å². The molecule has 0 atom stereocenters. The Morgan fingerprint density at radius 3 is 2.29 bits per heavy atom. The molecule has 0 N–H and O–H groups in total. The fourth-order valence-electron chi connectivity index (χ4n) is 1.15. The summed E-state index contributed by atoms with van der Waals surface area (Å²) in [4.78, 5) is 0. The van der Waals surface area contributed by atoms with Crippen LogP contribution in [0.15, 0.2) is 54.7 Å². The Morgan fingerprint density at radius 1 is 0.714 bits per heavy atom. The number of allylic oxidation sites excluding steroid dienone is 10. The van der Waals surface area contributed by atoms with Crippen LogP contribution in [0, 0.1) is 6.08 Å². The van der Waals surface area contributed by atoms with Gasteiger partial charge in [0.25, 0.3) is 0 Å². The molecule has 0 amide bonds. The highest BCUT2D eigenvalue weighted by Gasteiger charge is 1.77. The SMILES string of the molecule is [C]1=CC=CCC=CC=CCC=CCC1. The molecule has 1 rings (SSSR count). The van der Waals surface area contributed by atoms with Crippen molar-refractivity contribution in [3.63, 3.8) is 0 Å². The van der Waals surface area contributed by atoms with E-state index in [1.165, 1.54) is 0 Å². The van der Waals surface area contributed by atoms with Crippen LogP contribution in [0.1, 0.15) is 25.7 Å². The van der Waals surface area contributed by atoms with Gasteiger partial charge in [-0.05, 0) is 31.8 Å². The van der Waals surface area contributed by atoms with Gasteiger partial charge in [0.05, 0.1) is 0 Å². The molecular weight excluding hydrogens is 168 g/mol. The second kappa shape index (κ2) is 8.31. The standard InChI is InChI=1S/C14H17/c1-2-4-6-8-10-12-14-13-11-9-7-5-3-1/h1-4,7-11H,5-6,12,14H2. The third kappa shape index (κ3) is 6.24. The van der Waals surface area contributed by atoms with E-state index in [2.05, 4.69) is 54.7 Å². The van der Waals surface area contributed by atoms with Gasteiger partial charge >= 0.3 is 0 Å². The molecule has 0 saturated carbocycles. The van der Waals surface area contributed by atoms with E-state index in [-0.39, 0.29) is 0 Å². The maximum absolute atomic E-state index is 3.23. The van der Waals surface area contributed by atoms with Gasteiger partial charge in [-0.3, -0.25) is 0 Å². The van der Waals surface area contributed by atoms with Crippen LogP contribution in [0.3, 0.4) is 0 Å². The Balaban J connectivity index is 2.45. The molecule has 0 aromatic carbocycles. The lowest BCUT2D eigenvalue weighted by molar-refractivity contribution is 1.02. The van der Waals surface area contributed by atoms with Gasteiger partial charge in [-0.25, -0.2) is 0 Å². The summed E-state index contributed by atoms with van der Waals surface area (Å²) in [5.41, 5.74) is 0. The van der Waals surface area contributed by atoms with Gasteiger partial charge < -0.3 is 0 Å². The third-order valence-electron chi connectivity index (χ3n) is 1.90. The molecule has 1 aliphatic rings. The number of hydrogen-bond acceptors (Lipinski definition) is 0. The van der Waals surface area contributed by atoms with Crippen molar-refractivity contribution < 1.29 is 0 Å². The molecule has 0 aromatic heterocycles. The Kier molecular flexibility index (Phi) is 6.39. The summed E-state index contributed by atoms with van der Waals surface area (Å²) in [6.45, 7) is 0. The van der Waals surface area contributed by atoms with Gasteiger partial charge in [-0.1, -0.05) is 54.7 Å². The molecule has 14 heavy (non-hydrogen) atoms. The molecule has 0 aromatic rings. The average molecular weight is 185 g/mol. The first kappa shape index (κ1) is 10.8. The van der Waals surface area contributed by atoms with E-state index in [4.69, 9.17) is 0 Å². The summed E-state index contributed by atoms with van der Waals surface area (Å²) in [6.07, 6.45) is 26.5. The average Bonchev–Trinajstić information content (AvgIpc) is 2.22.